The van der Waals surface area contributed by atoms with E-state index in [0.717, 1.165) is 13.1 Å². The second kappa shape index (κ2) is 7.56. The van der Waals surface area contributed by atoms with E-state index in [1.54, 1.807) is 0 Å². The molecule has 0 amide bonds. The summed E-state index contributed by atoms with van der Waals surface area (Å²) < 4.78 is 0. The summed E-state index contributed by atoms with van der Waals surface area (Å²) in [6.07, 6.45) is 0. The summed E-state index contributed by atoms with van der Waals surface area (Å²) in [6, 6.07) is 2.21. The summed E-state index contributed by atoms with van der Waals surface area (Å²) in [6.45, 7) is 11.6. The summed E-state index contributed by atoms with van der Waals surface area (Å²) in [4.78, 5) is 0. The van der Waals surface area contributed by atoms with E-state index in [4.69, 9.17) is 5.26 Å². The third-order valence-electron chi connectivity index (χ3n) is 1.12. The maximum absolute atomic E-state index is 8.53. The van der Waals surface area contributed by atoms with E-state index < -0.39 is 0 Å². The van der Waals surface area contributed by atoms with Crippen molar-refractivity contribution >= 4 is 0 Å². The van der Waals surface area contributed by atoms with Crippen molar-refractivity contribution in [3.05, 3.63) is 0 Å². The molecule has 2 heteroatoms. The molecule has 0 spiro atoms. The molecule has 1 N–H and O–H groups in total. The summed E-state index contributed by atoms with van der Waals surface area (Å²) in [5, 5.41) is 11.6. The quantitative estimate of drug-likeness (QED) is 0.679. The highest BCUT2D eigenvalue weighted by atomic mass is 14.9. The minimum atomic E-state index is -0.212. The van der Waals surface area contributed by atoms with E-state index in [0.29, 0.717) is 0 Å². The Morgan fingerprint density at radius 3 is 2.09 bits per heavy atom. The first-order chi connectivity index (χ1) is 5.12. The molecule has 0 aromatic heterocycles. The smallest absolute Gasteiger partial charge is 0.0697 e. The average molecular weight is 156 g/mol. The largest absolute Gasteiger partial charge is 0.315 e. The van der Waals surface area contributed by atoms with Crippen LogP contribution in [-0.4, -0.2) is 13.1 Å². The van der Waals surface area contributed by atoms with Crippen molar-refractivity contribution in [2.45, 2.75) is 34.6 Å². The minimum absolute atomic E-state index is 0.212. The Hall–Kier alpha value is -0.550. The van der Waals surface area contributed by atoms with E-state index in [9.17, 15) is 0 Å². The normalized spacial score (nSPS) is 9.45. The summed E-state index contributed by atoms with van der Waals surface area (Å²) in [5.41, 5.74) is -0.212. The van der Waals surface area contributed by atoms with Gasteiger partial charge in [-0.15, -0.1) is 0 Å². The Morgan fingerprint density at radius 1 is 1.36 bits per heavy atom. The van der Waals surface area contributed by atoms with Gasteiger partial charge in [-0.1, -0.05) is 20.8 Å². The molecule has 0 heterocycles. The van der Waals surface area contributed by atoms with Crippen LogP contribution in [0, 0.1) is 16.7 Å². The van der Waals surface area contributed by atoms with E-state index in [1.807, 2.05) is 34.6 Å². The molecule has 11 heavy (non-hydrogen) atoms. The van der Waals surface area contributed by atoms with Crippen LogP contribution in [0.2, 0.25) is 0 Å². The predicted octanol–water partition coefficient (Wildman–Crippen LogP) is 2.17. The first-order valence-corrected chi connectivity index (χ1v) is 4.24. The van der Waals surface area contributed by atoms with Gasteiger partial charge >= 0.3 is 0 Å². The SMILES string of the molecule is CC.CCNCC(C)(C)C#N. The molecule has 0 radical (unpaired) electrons. The van der Waals surface area contributed by atoms with Crippen LogP contribution in [0.4, 0.5) is 0 Å². The zero-order chi connectivity index (χ0) is 9.33. The Balaban J connectivity index is 0. The topological polar surface area (TPSA) is 35.8 Å². The maximum Gasteiger partial charge on any atom is 0.0697 e. The molecule has 0 bridgehead atoms. The van der Waals surface area contributed by atoms with Gasteiger partial charge in [0.2, 0.25) is 0 Å². The molecule has 66 valence electrons. The Bertz CT molecular complexity index is 111. The molecule has 0 aromatic rings. The van der Waals surface area contributed by atoms with Gasteiger partial charge in [-0.05, 0) is 20.4 Å². The van der Waals surface area contributed by atoms with Gasteiger partial charge in [-0.2, -0.15) is 5.26 Å². The van der Waals surface area contributed by atoms with Crippen LogP contribution < -0.4 is 5.32 Å². The first-order valence-electron chi connectivity index (χ1n) is 4.24. The van der Waals surface area contributed by atoms with Crippen LogP contribution in [0.5, 0.6) is 0 Å². The molecule has 0 aliphatic rings. The number of nitrogens with zero attached hydrogens (tertiary/aromatic N) is 1. The van der Waals surface area contributed by atoms with Crippen LogP contribution in [-0.2, 0) is 0 Å². The van der Waals surface area contributed by atoms with Gasteiger partial charge in [0.15, 0.2) is 0 Å². The Morgan fingerprint density at radius 2 is 1.82 bits per heavy atom. The molecule has 0 saturated heterocycles. The molecular weight excluding hydrogens is 136 g/mol. The van der Waals surface area contributed by atoms with Crippen molar-refractivity contribution < 1.29 is 0 Å². The van der Waals surface area contributed by atoms with Crippen molar-refractivity contribution in [2.75, 3.05) is 13.1 Å². The van der Waals surface area contributed by atoms with Gasteiger partial charge in [0.05, 0.1) is 11.5 Å². The minimum Gasteiger partial charge on any atom is -0.315 e. The molecule has 0 unspecified atom stereocenters. The van der Waals surface area contributed by atoms with Crippen LogP contribution in [0.15, 0.2) is 0 Å². The van der Waals surface area contributed by atoms with Gasteiger partial charge in [-0.25, -0.2) is 0 Å². The van der Waals surface area contributed by atoms with E-state index in [1.165, 1.54) is 0 Å². The molecule has 0 aliphatic heterocycles. The lowest BCUT2D eigenvalue weighted by molar-refractivity contribution is 0.453. The molecule has 0 fully saturated rings. The molecule has 0 saturated carbocycles. The number of nitriles is 1. The molecular formula is C9H20N2. The van der Waals surface area contributed by atoms with E-state index >= 15 is 0 Å². The zero-order valence-electron chi connectivity index (χ0n) is 8.36. The highest BCUT2D eigenvalue weighted by molar-refractivity contribution is 4.92. The molecule has 2 nitrogen and oxygen atoms in total. The third-order valence-corrected chi connectivity index (χ3v) is 1.12. The van der Waals surface area contributed by atoms with Crippen LogP contribution in [0.25, 0.3) is 0 Å². The summed E-state index contributed by atoms with van der Waals surface area (Å²) >= 11 is 0. The standard InChI is InChI=1S/C7H14N2.C2H6/c1-4-9-6-7(2,3)5-8;1-2/h9H,4,6H2,1-3H3;1-2H3. The maximum atomic E-state index is 8.53. The molecule has 0 aliphatic carbocycles. The fourth-order valence-electron chi connectivity index (χ4n) is 0.477. The van der Waals surface area contributed by atoms with Crippen molar-refractivity contribution in [3.63, 3.8) is 0 Å². The lowest BCUT2D eigenvalue weighted by atomic mass is 9.96. The van der Waals surface area contributed by atoms with E-state index in [-0.39, 0.29) is 5.41 Å². The zero-order valence-corrected chi connectivity index (χ0v) is 8.36. The Labute approximate surface area is 70.6 Å². The van der Waals surface area contributed by atoms with Crippen molar-refractivity contribution in [3.8, 4) is 6.07 Å². The first kappa shape index (κ1) is 13.1. The van der Waals surface area contributed by atoms with Crippen LogP contribution >= 0.6 is 0 Å². The summed E-state index contributed by atoms with van der Waals surface area (Å²) in [7, 11) is 0. The van der Waals surface area contributed by atoms with Gasteiger partial charge in [0.1, 0.15) is 0 Å². The molecule has 0 rings (SSSR count). The fraction of sp³-hybridized carbons (Fsp3) is 0.889. The van der Waals surface area contributed by atoms with Crippen molar-refractivity contribution in [1.82, 2.24) is 5.32 Å². The Kier molecular flexibility index (Phi) is 8.98. The van der Waals surface area contributed by atoms with Crippen LogP contribution in [0.3, 0.4) is 0 Å². The van der Waals surface area contributed by atoms with Crippen LogP contribution in [0.1, 0.15) is 34.6 Å². The second-order valence-corrected chi connectivity index (χ2v) is 2.78. The van der Waals surface area contributed by atoms with Gasteiger partial charge in [0.25, 0.3) is 0 Å². The monoisotopic (exact) mass is 156 g/mol. The number of hydrogen-bond donors (Lipinski definition) is 1. The van der Waals surface area contributed by atoms with E-state index in [2.05, 4.69) is 11.4 Å². The molecule has 0 atom stereocenters. The van der Waals surface area contributed by atoms with Gasteiger partial charge in [-0.3, -0.25) is 0 Å². The molecule has 0 aromatic carbocycles. The number of rotatable bonds is 3. The fourth-order valence-corrected chi connectivity index (χ4v) is 0.477. The highest BCUT2D eigenvalue weighted by Gasteiger charge is 2.14. The van der Waals surface area contributed by atoms with Gasteiger partial charge in [0, 0.05) is 6.54 Å². The van der Waals surface area contributed by atoms with Crippen molar-refractivity contribution in [1.29, 1.82) is 5.26 Å². The van der Waals surface area contributed by atoms with Crippen molar-refractivity contribution in [2.24, 2.45) is 5.41 Å². The number of hydrogen-bond acceptors (Lipinski definition) is 2. The van der Waals surface area contributed by atoms with Gasteiger partial charge < -0.3 is 5.32 Å². The predicted molar refractivity (Wildman–Crippen MR) is 49.3 cm³/mol. The lowest BCUT2D eigenvalue weighted by Gasteiger charge is -2.14. The number of nitrogens with one attached hydrogen (secondary N) is 1. The average Bonchev–Trinajstić information content (AvgIpc) is 2.05. The third kappa shape index (κ3) is 9.45. The highest BCUT2D eigenvalue weighted by Crippen LogP contribution is 2.09. The second-order valence-electron chi connectivity index (χ2n) is 2.78. The lowest BCUT2D eigenvalue weighted by Crippen LogP contribution is -2.27. The summed E-state index contributed by atoms with van der Waals surface area (Å²) in [5.74, 6) is 0.